The number of rotatable bonds is 4. The molecule has 4 amide bonds. The van der Waals surface area contributed by atoms with Gasteiger partial charge in [0.05, 0.1) is 11.4 Å². The van der Waals surface area contributed by atoms with Crippen molar-refractivity contribution in [2.75, 3.05) is 23.8 Å². The Hall–Kier alpha value is -2.57. The van der Waals surface area contributed by atoms with E-state index in [2.05, 4.69) is 10.6 Å². The van der Waals surface area contributed by atoms with Gasteiger partial charge in [-0.05, 0) is 32.4 Å². The Kier molecular flexibility index (Phi) is 6.01. The molecule has 2 N–H and O–H groups in total. The molecule has 0 bridgehead atoms. The lowest BCUT2D eigenvalue weighted by Crippen LogP contribution is -2.49. The number of nitrogens with one attached hydrogen (secondary N) is 2. The van der Waals surface area contributed by atoms with Crippen LogP contribution in [0.5, 0.6) is 0 Å². The molecule has 136 valence electrons. The third-order valence-corrected chi connectivity index (χ3v) is 4.33. The summed E-state index contributed by atoms with van der Waals surface area (Å²) in [6, 6.07) is 6.67. The topological polar surface area (TPSA) is 81.8 Å². The number of fused-ring (bicyclic) bond motifs is 1. The molecule has 0 radical (unpaired) electrons. The lowest BCUT2D eigenvalue weighted by molar-refractivity contribution is -0.119. The van der Waals surface area contributed by atoms with Gasteiger partial charge in [0, 0.05) is 25.6 Å². The SMILES string of the molecule is CC[C@@H](C)NC(=O)N(C)CC(=O)N1c2ccccc2NC(=O)C[C@@H]1C. The van der Waals surface area contributed by atoms with Crippen LogP contribution in [0.25, 0.3) is 0 Å². The van der Waals surface area contributed by atoms with Crippen molar-refractivity contribution < 1.29 is 14.4 Å². The van der Waals surface area contributed by atoms with Crippen molar-refractivity contribution in [3.8, 4) is 0 Å². The van der Waals surface area contributed by atoms with Gasteiger partial charge < -0.3 is 20.4 Å². The molecule has 0 saturated carbocycles. The van der Waals surface area contributed by atoms with Crippen LogP contribution in [0.4, 0.5) is 16.2 Å². The van der Waals surface area contributed by atoms with Crippen LogP contribution >= 0.6 is 0 Å². The quantitative estimate of drug-likeness (QED) is 0.877. The van der Waals surface area contributed by atoms with Gasteiger partial charge in [-0.3, -0.25) is 9.59 Å². The zero-order chi connectivity index (χ0) is 18.6. The molecule has 1 aliphatic heterocycles. The molecule has 1 aromatic rings. The molecular weight excluding hydrogens is 320 g/mol. The van der Waals surface area contributed by atoms with Gasteiger partial charge in [0.2, 0.25) is 11.8 Å². The second-order valence-electron chi connectivity index (χ2n) is 6.50. The van der Waals surface area contributed by atoms with Crippen molar-refractivity contribution in [2.24, 2.45) is 0 Å². The highest BCUT2D eigenvalue weighted by Gasteiger charge is 2.30. The van der Waals surface area contributed by atoms with E-state index in [9.17, 15) is 14.4 Å². The summed E-state index contributed by atoms with van der Waals surface area (Å²) in [5.41, 5.74) is 1.26. The maximum absolute atomic E-state index is 12.9. The van der Waals surface area contributed by atoms with E-state index in [4.69, 9.17) is 0 Å². The van der Waals surface area contributed by atoms with Gasteiger partial charge >= 0.3 is 6.03 Å². The van der Waals surface area contributed by atoms with Crippen molar-refractivity contribution >= 4 is 29.2 Å². The van der Waals surface area contributed by atoms with Gasteiger partial charge in [0.1, 0.15) is 6.54 Å². The minimum absolute atomic E-state index is 0.0460. The summed E-state index contributed by atoms with van der Waals surface area (Å²) in [4.78, 5) is 40.0. The van der Waals surface area contributed by atoms with E-state index in [1.807, 2.05) is 32.9 Å². The standard InChI is InChI=1S/C18H26N4O3/c1-5-12(2)19-18(25)21(4)11-17(24)22-13(3)10-16(23)20-14-8-6-7-9-15(14)22/h6-9,12-13H,5,10-11H2,1-4H3,(H,19,25)(H,20,23)/t12-,13+/m1/s1. The number of carbonyl (C=O) groups excluding carboxylic acids is 3. The molecule has 7 nitrogen and oxygen atoms in total. The molecule has 25 heavy (non-hydrogen) atoms. The fourth-order valence-corrected chi connectivity index (χ4v) is 2.74. The van der Waals surface area contributed by atoms with Crippen LogP contribution in [0.3, 0.4) is 0 Å². The number of benzene rings is 1. The van der Waals surface area contributed by atoms with E-state index < -0.39 is 0 Å². The molecule has 1 heterocycles. The summed E-state index contributed by atoms with van der Waals surface area (Å²) in [5.74, 6) is -0.351. The lowest BCUT2D eigenvalue weighted by atomic mass is 10.1. The van der Waals surface area contributed by atoms with Crippen LogP contribution in [-0.2, 0) is 9.59 Å². The number of carbonyl (C=O) groups is 3. The van der Waals surface area contributed by atoms with Crippen molar-refractivity contribution in [1.82, 2.24) is 10.2 Å². The van der Waals surface area contributed by atoms with Crippen molar-refractivity contribution in [2.45, 2.75) is 45.7 Å². The van der Waals surface area contributed by atoms with Crippen LogP contribution in [0.1, 0.15) is 33.6 Å². The third-order valence-electron chi connectivity index (χ3n) is 4.33. The second-order valence-corrected chi connectivity index (χ2v) is 6.50. The number of para-hydroxylation sites is 2. The molecule has 0 aromatic heterocycles. The molecule has 2 atom stereocenters. The minimum atomic E-state index is -0.290. The largest absolute Gasteiger partial charge is 0.336 e. The van der Waals surface area contributed by atoms with Crippen molar-refractivity contribution in [3.05, 3.63) is 24.3 Å². The van der Waals surface area contributed by atoms with Crippen molar-refractivity contribution in [3.63, 3.8) is 0 Å². The average molecular weight is 346 g/mol. The first-order chi connectivity index (χ1) is 11.8. The number of urea groups is 1. The van der Waals surface area contributed by atoms with E-state index in [-0.39, 0.29) is 42.9 Å². The van der Waals surface area contributed by atoms with E-state index in [1.54, 1.807) is 24.1 Å². The summed E-state index contributed by atoms with van der Waals surface area (Å²) in [6.45, 7) is 5.67. The van der Waals surface area contributed by atoms with E-state index in [0.29, 0.717) is 11.4 Å². The molecular formula is C18H26N4O3. The highest BCUT2D eigenvalue weighted by Crippen LogP contribution is 2.31. The van der Waals surface area contributed by atoms with Gasteiger partial charge in [-0.2, -0.15) is 0 Å². The predicted molar refractivity (Wildman–Crippen MR) is 97.6 cm³/mol. The number of hydrogen-bond donors (Lipinski definition) is 2. The molecule has 0 fully saturated rings. The number of likely N-dealkylation sites (N-methyl/N-ethyl adjacent to an activating group) is 1. The number of hydrogen-bond acceptors (Lipinski definition) is 3. The predicted octanol–water partition coefficient (Wildman–Crippen LogP) is 2.19. The first kappa shape index (κ1) is 18.8. The van der Waals surface area contributed by atoms with Crippen molar-refractivity contribution in [1.29, 1.82) is 0 Å². The van der Waals surface area contributed by atoms with Crippen LogP contribution in [0, 0.1) is 0 Å². The summed E-state index contributed by atoms with van der Waals surface area (Å²) >= 11 is 0. The number of nitrogens with zero attached hydrogens (tertiary/aromatic N) is 2. The lowest BCUT2D eigenvalue weighted by Gasteiger charge is -2.30. The third kappa shape index (κ3) is 4.49. The Morgan fingerprint density at radius 3 is 2.76 bits per heavy atom. The van der Waals surface area contributed by atoms with Crippen LogP contribution in [0.2, 0.25) is 0 Å². The van der Waals surface area contributed by atoms with Gasteiger partial charge in [-0.25, -0.2) is 4.79 Å². The first-order valence-corrected chi connectivity index (χ1v) is 8.56. The van der Waals surface area contributed by atoms with E-state index in [1.165, 1.54) is 4.90 Å². The molecule has 0 saturated heterocycles. The van der Waals surface area contributed by atoms with Gasteiger partial charge in [0.15, 0.2) is 0 Å². The highest BCUT2D eigenvalue weighted by molar-refractivity contribution is 6.05. The molecule has 1 aliphatic rings. The van der Waals surface area contributed by atoms with Gasteiger partial charge in [0.25, 0.3) is 0 Å². The summed E-state index contributed by atoms with van der Waals surface area (Å²) in [5, 5.41) is 5.66. The average Bonchev–Trinajstić information content (AvgIpc) is 2.68. The maximum Gasteiger partial charge on any atom is 0.317 e. The molecule has 7 heteroatoms. The molecule has 0 unspecified atom stereocenters. The summed E-state index contributed by atoms with van der Waals surface area (Å²) in [7, 11) is 1.59. The number of amides is 4. The van der Waals surface area contributed by atoms with Crippen LogP contribution in [0.15, 0.2) is 24.3 Å². The monoisotopic (exact) mass is 346 g/mol. The molecule has 0 spiro atoms. The zero-order valence-corrected chi connectivity index (χ0v) is 15.2. The summed E-state index contributed by atoms with van der Waals surface area (Å²) in [6.07, 6.45) is 1.03. The fourth-order valence-electron chi connectivity index (χ4n) is 2.74. The smallest absolute Gasteiger partial charge is 0.317 e. The van der Waals surface area contributed by atoms with Crippen LogP contribution < -0.4 is 15.5 Å². The Morgan fingerprint density at radius 1 is 1.40 bits per heavy atom. The molecule has 0 aliphatic carbocycles. The molecule has 2 rings (SSSR count). The van der Waals surface area contributed by atoms with Crippen LogP contribution in [-0.4, -0.2) is 48.4 Å². The second kappa shape index (κ2) is 8.00. The Morgan fingerprint density at radius 2 is 2.08 bits per heavy atom. The minimum Gasteiger partial charge on any atom is -0.336 e. The Bertz CT molecular complexity index is 661. The normalized spacial score (nSPS) is 17.8. The Labute approximate surface area is 148 Å². The first-order valence-electron chi connectivity index (χ1n) is 8.56. The summed E-state index contributed by atoms with van der Waals surface area (Å²) < 4.78 is 0. The highest BCUT2D eigenvalue weighted by atomic mass is 16.2. The number of anilines is 2. The maximum atomic E-state index is 12.9. The fraction of sp³-hybridized carbons (Fsp3) is 0.500. The Balaban J connectivity index is 2.17. The van der Waals surface area contributed by atoms with Gasteiger partial charge in [-0.1, -0.05) is 19.1 Å². The van der Waals surface area contributed by atoms with E-state index in [0.717, 1.165) is 6.42 Å². The van der Waals surface area contributed by atoms with Gasteiger partial charge in [-0.15, -0.1) is 0 Å². The van der Waals surface area contributed by atoms with E-state index >= 15 is 0 Å². The zero-order valence-electron chi connectivity index (χ0n) is 15.2. The molecule has 1 aromatic carbocycles.